The summed E-state index contributed by atoms with van der Waals surface area (Å²) < 4.78 is 1.22. The summed E-state index contributed by atoms with van der Waals surface area (Å²) in [7, 11) is 2.03. The third-order valence-electron chi connectivity index (χ3n) is 3.09. The number of nitrogens with one attached hydrogen (secondary N) is 1. The molecule has 3 heteroatoms. The van der Waals surface area contributed by atoms with Gasteiger partial charge in [0.25, 0.3) is 0 Å². The van der Waals surface area contributed by atoms with Gasteiger partial charge in [-0.3, -0.25) is 0 Å². The lowest BCUT2D eigenvalue weighted by Crippen LogP contribution is -2.17. The number of hydrogen-bond acceptors (Lipinski definition) is 2. The van der Waals surface area contributed by atoms with E-state index in [4.69, 9.17) is 0 Å². The Balaban J connectivity index is 1.98. The lowest BCUT2D eigenvalue weighted by molar-refractivity contribution is 0.586. The third kappa shape index (κ3) is 3.94. The Labute approximate surface area is 121 Å². The molecule has 0 fully saturated rings. The fraction of sp³-hybridized carbons (Fsp3) is 0.333. The number of aryl methyl sites for hydroxylation is 1. The van der Waals surface area contributed by atoms with Crippen LogP contribution in [0.3, 0.4) is 0 Å². The molecule has 1 unspecified atom stereocenters. The van der Waals surface area contributed by atoms with Crippen molar-refractivity contribution in [3.8, 4) is 0 Å². The molecule has 0 bridgehead atoms. The van der Waals surface area contributed by atoms with Crippen LogP contribution in [-0.4, -0.2) is 13.6 Å². The molecule has 1 atom stereocenters. The van der Waals surface area contributed by atoms with Crippen LogP contribution in [-0.2, 0) is 6.42 Å². The minimum atomic E-state index is 0.595. The summed E-state index contributed by atoms with van der Waals surface area (Å²) in [6.45, 7) is 1.04. The van der Waals surface area contributed by atoms with E-state index >= 15 is 0 Å². The summed E-state index contributed by atoms with van der Waals surface area (Å²) in [6.07, 6.45) is 2.34. The summed E-state index contributed by atoms with van der Waals surface area (Å²) in [6, 6.07) is 15.1. The molecule has 0 spiro atoms. The van der Waals surface area contributed by atoms with Crippen LogP contribution in [0, 0.1) is 0 Å². The highest BCUT2D eigenvalue weighted by Crippen LogP contribution is 2.26. The summed E-state index contributed by atoms with van der Waals surface area (Å²) >= 11 is 5.36. The van der Waals surface area contributed by atoms with Gasteiger partial charge >= 0.3 is 0 Å². The molecule has 2 rings (SSSR count). The van der Waals surface area contributed by atoms with E-state index < -0.39 is 0 Å². The molecular formula is C15H18BrNS. The quantitative estimate of drug-likeness (QED) is 0.828. The highest BCUT2D eigenvalue weighted by Gasteiger charge is 2.11. The van der Waals surface area contributed by atoms with Gasteiger partial charge in [0.1, 0.15) is 0 Å². The molecule has 0 amide bonds. The second-order valence-electron chi connectivity index (χ2n) is 4.41. The molecule has 1 aromatic heterocycles. The van der Waals surface area contributed by atoms with E-state index in [-0.39, 0.29) is 0 Å². The molecule has 0 saturated heterocycles. The SMILES string of the molecule is CNCC(CCc1ccc(Br)s1)c1ccccc1. The molecule has 1 N–H and O–H groups in total. The van der Waals surface area contributed by atoms with Crippen molar-refractivity contribution in [1.29, 1.82) is 0 Å². The minimum absolute atomic E-state index is 0.595. The van der Waals surface area contributed by atoms with Crippen molar-refractivity contribution in [3.63, 3.8) is 0 Å². The number of hydrogen-bond donors (Lipinski definition) is 1. The van der Waals surface area contributed by atoms with Gasteiger partial charge in [0.2, 0.25) is 0 Å². The second-order valence-corrected chi connectivity index (χ2v) is 6.96. The van der Waals surface area contributed by atoms with E-state index in [1.165, 1.54) is 20.6 Å². The molecule has 0 saturated carbocycles. The van der Waals surface area contributed by atoms with Gasteiger partial charge in [-0.05, 0) is 59.4 Å². The van der Waals surface area contributed by atoms with E-state index in [1.54, 1.807) is 0 Å². The smallest absolute Gasteiger partial charge is 0.0701 e. The maximum absolute atomic E-state index is 3.52. The fourth-order valence-electron chi connectivity index (χ4n) is 2.16. The monoisotopic (exact) mass is 323 g/mol. The van der Waals surface area contributed by atoms with Crippen LogP contribution in [0.2, 0.25) is 0 Å². The Morgan fingerprint density at radius 3 is 2.56 bits per heavy atom. The minimum Gasteiger partial charge on any atom is -0.319 e. The topological polar surface area (TPSA) is 12.0 Å². The first-order valence-corrected chi connectivity index (χ1v) is 7.84. The van der Waals surface area contributed by atoms with Gasteiger partial charge in [0, 0.05) is 11.4 Å². The van der Waals surface area contributed by atoms with Crippen molar-refractivity contribution in [2.75, 3.05) is 13.6 Å². The fourth-order valence-corrected chi connectivity index (χ4v) is 3.66. The van der Waals surface area contributed by atoms with Crippen LogP contribution in [0.25, 0.3) is 0 Å². The largest absolute Gasteiger partial charge is 0.319 e. The summed E-state index contributed by atoms with van der Waals surface area (Å²) in [4.78, 5) is 1.46. The molecule has 0 aliphatic heterocycles. The van der Waals surface area contributed by atoms with Crippen molar-refractivity contribution in [2.24, 2.45) is 0 Å². The second kappa shape index (κ2) is 7.07. The van der Waals surface area contributed by atoms with Gasteiger partial charge in [-0.2, -0.15) is 0 Å². The Bertz CT molecular complexity index is 466. The molecule has 18 heavy (non-hydrogen) atoms. The van der Waals surface area contributed by atoms with Crippen molar-refractivity contribution < 1.29 is 0 Å². The molecule has 0 aliphatic rings. The molecule has 0 aliphatic carbocycles. The first kappa shape index (κ1) is 13.8. The zero-order valence-electron chi connectivity index (χ0n) is 10.5. The van der Waals surface area contributed by atoms with Gasteiger partial charge < -0.3 is 5.32 Å². The van der Waals surface area contributed by atoms with E-state index in [1.807, 2.05) is 18.4 Å². The predicted octanol–water partition coefficient (Wildman–Crippen LogP) is 4.45. The van der Waals surface area contributed by atoms with E-state index in [9.17, 15) is 0 Å². The standard InChI is InChI=1S/C15H18BrNS/c1-17-11-13(12-5-3-2-4-6-12)7-8-14-9-10-15(16)18-14/h2-6,9-10,13,17H,7-8,11H2,1H3. The number of benzene rings is 1. The van der Waals surface area contributed by atoms with Gasteiger partial charge in [0.05, 0.1) is 3.79 Å². The van der Waals surface area contributed by atoms with Crippen molar-refractivity contribution in [3.05, 3.63) is 56.7 Å². The van der Waals surface area contributed by atoms with Gasteiger partial charge in [-0.15, -0.1) is 11.3 Å². The Kier molecular flexibility index (Phi) is 5.42. The predicted molar refractivity (Wildman–Crippen MR) is 83.4 cm³/mol. The van der Waals surface area contributed by atoms with Crippen molar-refractivity contribution >= 4 is 27.3 Å². The van der Waals surface area contributed by atoms with Crippen molar-refractivity contribution in [1.82, 2.24) is 5.32 Å². The summed E-state index contributed by atoms with van der Waals surface area (Å²) in [5.74, 6) is 0.595. The zero-order valence-corrected chi connectivity index (χ0v) is 12.9. The maximum atomic E-state index is 3.52. The highest BCUT2D eigenvalue weighted by molar-refractivity contribution is 9.11. The molecule has 1 heterocycles. The zero-order chi connectivity index (χ0) is 12.8. The average Bonchev–Trinajstić information content (AvgIpc) is 2.81. The van der Waals surface area contributed by atoms with Crippen molar-refractivity contribution in [2.45, 2.75) is 18.8 Å². The number of halogens is 1. The number of rotatable bonds is 6. The lowest BCUT2D eigenvalue weighted by atomic mass is 9.94. The third-order valence-corrected chi connectivity index (χ3v) is 4.77. The molecule has 2 aromatic rings. The molecule has 96 valence electrons. The summed E-state index contributed by atoms with van der Waals surface area (Å²) in [5, 5.41) is 3.30. The maximum Gasteiger partial charge on any atom is 0.0701 e. The van der Waals surface area contributed by atoms with Crippen LogP contribution in [0.15, 0.2) is 46.3 Å². The molecule has 1 aromatic carbocycles. The highest BCUT2D eigenvalue weighted by atomic mass is 79.9. The van der Waals surface area contributed by atoms with E-state index in [0.717, 1.165) is 13.0 Å². The van der Waals surface area contributed by atoms with Crippen LogP contribution in [0.5, 0.6) is 0 Å². The number of thiophene rings is 1. The van der Waals surface area contributed by atoms with E-state index in [2.05, 4.69) is 63.7 Å². The summed E-state index contributed by atoms with van der Waals surface area (Å²) in [5.41, 5.74) is 1.43. The Hall–Kier alpha value is -0.640. The van der Waals surface area contributed by atoms with Crippen LogP contribution in [0.1, 0.15) is 22.8 Å². The number of likely N-dealkylation sites (N-methyl/N-ethyl adjacent to an activating group) is 1. The van der Waals surface area contributed by atoms with E-state index in [0.29, 0.717) is 5.92 Å². The van der Waals surface area contributed by atoms with Gasteiger partial charge in [0.15, 0.2) is 0 Å². The molecular weight excluding hydrogens is 306 g/mol. The molecule has 1 nitrogen and oxygen atoms in total. The first-order valence-electron chi connectivity index (χ1n) is 6.23. The lowest BCUT2D eigenvalue weighted by Gasteiger charge is -2.16. The van der Waals surface area contributed by atoms with Gasteiger partial charge in [-0.25, -0.2) is 0 Å². The van der Waals surface area contributed by atoms with Crippen LogP contribution < -0.4 is 5.32 Å². The van der Waals surface area contributed by atoms with Crippen LogP contribution in [0.4, 0.5) is 0 Å². The first-order chi connectivity index (χ1) is 8.79. The normalized spacial score (nSPS) is 12.6. The van der Waals surface area contributed by atoms with Crippen LogP contribution >= 0.6 is 27.3 Å². The molecule has 0 radical (unpaired) electrons. The van der Waals surface area contributed by atoms with Gasteiger partial charge in [-0.1, -0.05) is 30.3 Å². The Morgan fingerprint density at radius 2 is 1.94 bits per heavy atom. The Morgan fingerprint density at radius 1 is 1.17 bits per heavy atom. The average molecular weight is 324 g/mol.